The molecular formula is C21H14N6O2S. The second kappa shape index (κ2) is 6.39. The third-order valence-corrected chi connectivity index (χ3v) is 6.29. The van der Waals surface area contributed by atoms with Crippen molar-refractivity contribution in [2.75, 3.05) is 4.90 Å². The van der Waals surface area contributed by atoms with Gasteiger partial charge in [0.25, 0.3) is 0 Å². The quantitative estimate of drug-likeness (QED) is 0.438. The Morgan fingerprint density at radius 1 is 1.03 bits per heavy atom. The first-order valence-electron chi connectivity index (χ1n) is 9.39. The number of thioether (sulfide) groups is 1. The lowest BCUT2D eigenvalue weighted by Gasteiger charge is -2.14. The fraction of sp³-hybridized carbons (Fsp3) is 0.0952. The molecule has 1 saturated heterocycles. The summed E-state index contributed by atoms with van der Waals surface area (Å²) < 4.78 is 0. The van der Waals surface area contributed by atoms with E-state index in [1.807, 2.05) is 48.7 Å². The highest BCUT2D eigenvalue weighted by molar-refractivity contribution is 8.00. The SMILES string of the molecule is O=C1CC(Sc2nnc3c(n2)[nH]c2ccccc23)C(=O)N1c1ccc2cc[nH]c2c1. The maximum Gasteiger partial charge on any atom is 0.247 e. The second-order valence-electron chi connectivity index (χ2n) is 7.09. The molecule has 2 amide bonds. The summed E-state index contributed by atoms with van der Waals surface area (Å²) in [5.74, 6) is -0.501. The normalized spacial score (nSPS) is 17.1. The van der Waals surface area contributed by atoms with Gasteiger partial charge in [-0.25, -0.2) is 9.88 Å². The van der Waals surface area contributed by atoms with Crippen LogP contribution in [0.4, 0.5) is 5.69 Å². The molecule has 2 aromatic carbocycles. The molecule has 1 aliphatic rings. The third kappa shape index (κ3) is 2.59. The van der Waals surface area contributed by atoms with Crippen LogP contribution in [0.25, 0.3) is 33.0 Å². The molecule has 8 nitrogen and oxygen atoms in total. The van der Waals surface area contributed by atoms with Gasteiger partial charge in [-0.05, 0) is 29.7 Å². The monoisotopic (exact) mass is 414 g/mol. The van der Waals surface area contributed by atoms with E-state index in [4.69, 9.17) is 0 Å². The third-order valence-electron chi connectivity index (χ3n) is 5.25. The van der Waals surface area contributed by atoms with Gasteiger partial charge in [0.15, 0.2) is 5.65 Å². The molecule has 30 heavy (non-hydrogen) atoms. The number of rotatable bonds is 3. The maximum atomic E-state index is 13.0. The van der Waals surface area contributed by atoms with E-state index in [1.165, 1.54) is 16.7 Å². The topological polar surface area (TPSA) is 108 Å². The molecule has 1 unspecified atom stereocenters. The Bertz CT molecular complexity index is 1470. The van der Waals surface area contributed by atoms with Gasteiger partial charge in [-0.1, -0.05) is 36.0 Å². The average Bonchev–Trinajstić information content (AvgIpc) is 3.43. The fourth-order valence-electron chi connectivity index (χ4n) is 3.83. The fourth-order valence-corrected chi connectivity index (χ4v) is 4.74. The van der Waals surface area contributed by atoms with Crippen molar-refractivity contribution in [2.24, 2.45) is 0 Å². The summed E-state index contributed by atoms with van der Waals surface area (Å²) in [6.07, 6.45) is 1.92. The molecule has 6 rings (SSSR count). The zero-order chi connectivity index (χ0) is 20.2. The number of benzene rings is 2. The van der Waals surface area contributed by atoms with Crippen LogP contribution in [0.2, 0.25) is 0 Å². The summed E-state index contributed by atoms with van der Waals surface area (Å²) in [5, 5.41) is 10.2. The zero-order valence-corrected chi connectivity index (χ0v) is 16.3. The van der Waals surface area contributed by atoms with E-state index in [0.29, 0.717) is 22.0 Å². The molecule has 0 aliphatic carbocycles. The first-order chi connectivity index (χ1) is 14.7. The molecule has 3 aromatic heterocycles. The minimum Gasteiger partial charge on any atom is -0.361 e. The van der Waals surface area contributed by atoms with Gasteiger partial charge in [0.1, 0.15) is 10.8 Å². The van der Waals surface area contributed by atoms with E-state index in [9.17, 15) is 9.59 Å². The second-order valence-corrected chi connectivity index (χ2v) is 8.26. The highest BCUT2D eigenvalue weighted by Crippen LogP contribution is 2.34. The van der Waals surface area contributed by atoms with Crippen LogP contribution >= 0.6 is 11.8 Å². The van der Waals surface area contributed by atoms with Gasteiger partial charge in [0.2, 0.25) is 17.0 Å². The number of H-pyrrole nitrogens is 2. The number of amides is 2. The summed E-state index contributed by atoms with van der Waals surface area (Å²) >= 11 is 1.17. The average molecular weight is 414 g/mol. The number of aromatic nitrogens is 5. The number of hydrogen-bond acceptors (Lipinski definition) is 6. The minimum atomic E-state index is -0.583. The predicted molar refractivity (Wildman–Crippen MR) is 114 cm³/mol. The summed E-state index contributed by atoms with van der Waals surface area (Å²) in [6.45, 7) is 0. The lowest BCUT2D eigenvalue weighted by atomic mass is 10.2. The van der Waals surface area contributed by atoms with E-state index in [1.54, 1.807) is 6.07 Å². The van der Waals surface area contributed by atoms with Crippen molar-refractivity contribution in [3.63, 3.8) is 0 Å². The number of fused-ring (bicyclic) bond motifs is 4. The van der Waals surface area contributed by atoms with Gasteiger partial charge in [-0.15, -0.1) is 10.2 Å². The van der Waals surface area contributed by atoms with Crippen LogP contribution in [0.1, 0.15) is 6.42 Å². The molecule has 0 spiro atoms. The number of anilines is 1. The summed E-state index contributed by atoms with van der Waals surface area (Å²) in [6, 6.07) is 15.2. The summed E-state index contributed by atoms with van der Waals surface area (Å²) in [5.41, 5.74) is 3.66. The predicted octanol–water partition coefficient (Wildman–Crippen LogP) is 3.41. The van der Waals surface area contributed by atoms with Gasteiger partial charge in [0, 0.05) is 29.0 Å². The number of aromatic amines is 2. The Hall–Kier alpha value is -3.72. The molecule has 1 atom stereocenters. The Balaban J connectivity index is 1.30. The van der Waals surface area contributed by atoms with Crippen molar-refractivity contribution >= 4 is 62.2 Å². The van der Waals surface area contributed by atoms with E-state index >= 15 is 0 Å². The van der Waals surface area contributed by atoms with Crippen LogP contribution in [0.15, 0.2) is 59.9 Å². The van der Waals surface area contributed by atoms with E-state index in [2.05, 4.69) is 25.1 Å². The Kier molecular flexibility index (Phi) is 3.66. The summed E-state index contributed by atoms with van der Waals surface area (Å²) in [4.78, 5) is 37.7. The molecule has 0 bridgehead atoms. The first kappa shape index (κ1) is 17.2. The zero-order valence-electron chi connectivity index (χ0n) is 15.5. The standard InChI is InChI=1S/C21H14N6O2S/c28-17-10-16(20(29)27(17)12-6-5-11-7-8-22-15(11)9-12)30-21-24-19-18(25-26-21)13-3-1-2-4-14(13)23-19/h1-9,16,22H,10H2,(H,23,24,26). The molecule has 5 aromatic rings. The van der Waals surface area contributed by atoms with E-state index in [-0.39, 0.29) is 18.2 Å². The Labute approximate surface area is 173 Å². The highest BCUT2D eigenvalue weighted by atomic mass is 32.2. The molecular weight excluding hydrogens is 400 g/mol. The Morgan fingerprint density at radius 2 is 1.93 bits per heavy atom. The number of nitrogens with zero attached hydrogens (tertiary/aromatic N) is 4. The maximum absolute atomic E-state index is 13.0. The highest BCUT2D eigenvalue weighted by Gasteiger charge is 2.41. The number of carbonyl (C=O) groups excluding carboxylic acids is 2. The van der Waals surface area contributed by atoms with Crippen molar-refractivity contribution in [3.05, 3.63) is 54.7 Å². The summed E-state index contributed by atoms with van der Waals surface area (Å²) in [7, 11) is 0. The van der Waals surface area contributed by atoms with Crippen LogP contribution in [0.3, 0.4) is 0 Å². The van der Waals surface area contributed by atoms with E-state index in [0.717, 1.165) is 21.8 Å². The van der Waals surface area contributed by atoms with Crippen LogP contribution < -0.4 is 4.90 Å². The van der Waals surface area contributed by atoms with Crippen molar-refractivity contribution in [3.8, 4) is 0 Å². The molecule has 9 heteroatoms. The number of hydrogen-bond donors (Lipinski definition) is 2. The first-order valence-corrected chi connectivity index (χ1v) is 10.3. The molecule has 4 heterocycles. The minimum absolute atomic E-state index is 0.0976. The number of imide groups is 1. The lowest BCUT2D eigenvalue weighted by Crippen LogP contribution is -2.31. The van der Waals surface area contributed by atoms with Crippen molar-refractivity contribution in [1.29, 1.82) is 0 Å². The lowest BCUT2D eigenvalue weighted by molar-refractivity contribution is -0.121. The van der Waals surface area contributed by atoms with Crippen LogP contribution in [-0.2, 0) is 9.59 Å². The molecule has 1 aliphatic heterocycles. The molecule has 2 N–H and O–H groups in total. The molecule has 146 valence electrons. The van der Waals surface area contributed by atoms with Gasteiger partial charge in [-0.2, -0.15) is 0 Å². The van der Waals surface area contributed by atoms with Crippen LogP contribution in [0.5, 0.6) is 0 Å². The van der Waals surface area contributed by atoms with Crippen LogP contribution in [-0.4, -0.2) is 42.2 Å². The smallest absolute Gasteiger partial charge is 0.247 e. The van der Waals surface area contributed by atoms with Crippen LogP contribution in [0, 0.1) is 0 Å². The largest absolute Gasteiger partial charge is 0.361 e. The van der Waals surface area contributed by atoms with Crippen molar-refractivity contribution in [2.45, 2.75) is 16.8 Å². The number of nitrogens with one attached hydrogen (secondary N) is 2. The molecule has 0 saturated carbocycles. The van der Waals surface area contributed by atoms with Gasteiger partial charge < -0.3 is 9.97 Å². The van der Waals surface area contributed by atoms with Gasteiger partial charge in [-0.3, -0.25) is 9.59 Å². The van der Waals surface area contributed by atoms with Gasteiger partial charge in [0.05, 0.1) is 5.69 Å². The van der Waals surface area contributed by atoms with Crippen molar-refractivity contribution in [1.82, 2.24) is 25.1 Å². The molecule has 0 radical (unpaired) electrons. The number of para-hydroxylation sites is 1. The van der Waals surface area contributed by atoms with Crippen molar-refractivity contribution < 1.29 is 9.59 Å². The van der Waals surface area contributed by atoms with E-state index < -0.39 is 5.25 Å². The van der Waals surface area contributed by atoms with Gasteiger partial charge >= 0.3 is 0 Å². The molecule has 1 fully saturated rings. The Morgan fingerprint density at radius 3 is 2.87 bits per heavy atom. The number of carbonyl (C=O) groups is 2.